The fourth-order valence-electron chi connectivity index (χ4n) is 4.51. The molecule has 5 rings (SSSR count). The van der Waals surface area contributed by atoms with Gasteiger partial charge in [0.1, 0.15) is 0 Å². The van der Waals surface area contributed by atoms with Gasteiger partial charge in [0.2, 0.25) is 5.91 Å². The van der Waals surface area contributed by atoms with Crippen LogP contribution in [0.15, 0.2) is 54.9 Å². The van der Waals surface area contributed by atoms with Gasteiger partial charge in [-0.1, -0.05) is 24.3 Å². The van der Waals surface area contributed by atoms with Gasteiger partial charge in [0.15, 0.2) is 0 Å². The first-order valence-electron chi connectivity index (χ1n) is 11.1. The van der Waals surface area contributed by atoms with Crippen molar-refractivity contribution in [3.05, 3.63) is 66.0 Å². The largest absolute Gasteiger partial charge is 0.361 e. The molecule has 3 N–H and O–H groups in total. The number of para-hydroxylation sites is 1. The van der Waals surface area contributed by atoms with Crippen LogP contribution in [-0.2, 0) is 20.9 Å². The number of nitrogens with one attached hydrogen (secondary N) is 3. The van der Waals surface area contributed by atoms with Crippen molar-refractivity contribution >= 4 is 56.4 Å². The third-order valence-corrected chi connectivity index (χ3v) is 6.05. The molecule has 0 radical (unpaired) electrons. The Bertz CT molecular complexity index is 1510. The van der Waals surface area contributed by atoms with Crippen LogP contribution < -0.4 is 10.6 Å². The summed E-state index contributed by atoms with van der Waals surface area (Å²) in [5.41, 5.74) is 4.54. The molecule has 2 aromatic heterocycles. The summed E-state index contributed by atoms with van der Waals surface area (Å²) in [6.45, 7) is 2.93. The highest BCUT2D eigenvalue weighted by molar-refractivity contribution is 6.50. The zero-order valence-corrected chi connectivity index (χ0v) is 19.2. The van der Waals surface area contributed by atoms with E-state index in [0.717, 1.165) is 28.4 Å². The Balaban J connectivity index is 1.75. The Morgan fingerprint density at radius 3 is 2.47 bits per heavy atom. The van der Waals surface area contributed by atoms with Crippen LogP contribution in [0, 0.1) is 0 Å². The second-order valence-electron chi connectivity index (χ2n) is 8.73. The molecule has 0 saturated carbocycles. The van der Waals surface area contributed by atoms with Crippen molar-refractivity contribution in [2.45, 2.75) is 13.5 Å². The lowest BCUT2D eigenvalue weighted by Gasteiger charge is -2.11. The van der Waals surface area contributed by atoms with Crippen molar-refractivity contribution in [1.82, 2.24) is 19.8 Å². The maximum absolute atomic E-state index is 13.1. The van der Waals surface area contributed by atoms with E-state index in [4.69, 9.17) is 0 Å². The number of fused-ring (bicyclic) bond motifs is 2. The molecule has 0 bridgehead atoms. The molecular formula is C26H25N5O3. The lowest BCUT2D eigenvalue weighted by Crippen LogP contribution is -2.22. The van der Waals surface area contributed by atoms with Crippen molar-refractivity contribution in [2.75, 3.05) is 26.0 Å². The Hall–Kier alpha value is -4.17. The number of likely N-dealkylation sites (N-methyl/N-ethyl adjacent to an activating group) is 1. The van der Waals surface area contributed by atoms with Crippen LogP contribution in [0.5, 0.6) is 0 Å². The smallest absolute Gasteiger partial charge is 0.259 e. The molecule has 0 atom stereocenters. The number of aromatic nitrogens is 2. The number of benzene rings is 2. The number of H-pyrrole nitrogens is 1. The molecule has 0 unspecified atom stereocenters. The minimum absolute atomic E-state index is 0.156. The lowest BCUT2D eigenvalue weighted by atomic mass is 9.95. The first kappa shape index (κ1) is 21.7. The van der Waals surface area contributed by atoms with Gasteiger partial charge < -0.3 is 19.8 Å². The average molecular weight is 456 g/mol. The lowest BCUT2D eigenvalue weighted by molar-refractivity contribution is -0.123. The third-order valence-electron chi connectivity index (χ3n) is 6.05. The fourth-order valence-corrected chi connectivity index (χ4v) is 4.51. The van der Waals surface area contributed by atoms with Crippen LogP contribution in [-0.4, -0.2) is 52.8 Å². The van der Waals surface area contributed by atoms with Crippen LogP contribution in [0.2, 0.25) is 0 Å². The van der Waals surface area contributed by atoms with Crippen molar-refractivity contribution in [3.8, 4) is 0 Å². The molecule has 34 heavy (non-hydrogen) atoms. The summed E-state index contributed by atoms with van der Waals surface area (Å²) in [6.07, 6.45) is 3.70. The van der Waals surface area contributed by atoms with E-state index in [-0.39, 0.29) is 5.91 Å². The monoisotopic (exact) mass is 455 g/mol. The van der Waals surface area contributed by atoms with Gasteiger partial charge in [0.25, 0.3) is 11.8 Å². The SMILES string of the molecule is CC(=O)Nc1ccc2c(C3=C(c4c[nH]c5ccccc45)C(=O)NC3=O)cn(CCN(C)C)c2c1. The summed E-state index contributed by atoms with van der Waals surface area (Å²) in [5, 5.41) is 7.03. The summed E-state index contributed by atoms with van der Waals surface area (Å²) in [5.74, 6) is -0.979. The summed E-state index contributed by atoms with van der Waals surface area (Å²) >= 11 is 0. The highest BCUT2D eigenvalue weighted by Gasteiger charge is 2.35. The topological polar surface area (TPSA) is 99.2 Å². The molecule has 2 aromatic carbocycles. The van der Waals surface area contributed by atoms with Crippen molar-refractivity contribution in [2.24, 2.45) is 0 Å². The van der Waals surface area contributed by atoms with Gasteiger partial charge >= 0.3 is 0 Å². The fraction of sp³-hybridized carbons (Fsp3) is 0.192. The second kappa shape index (κ2) is 8.31. The number of rotatable bonds is 6. The number of carbonyl (C=O) groups excluding carboxylic acids is 3. The molecule has 1 aliphatic rings. The van der Waals surface area contributed by atoms with Gasteiger partial charge in [-0.15, -0.1) is 0 Å². The number of nitrogens with zero attached hydrogens (tertiary/aromatic N) is 2. The number of hydrogen-bond donors (Lipinski definition) is 3. The Labute approximate surface area is 196 Å². The molecule has 0 fully saturated rings. The standard InChI is InChI=1S/C26H25N5O3/c1-15(32)28-16-8-9-18-20(14-31(22(18)12-16)11-10-30(2)3)24-23(25(33)29-26(24)34)19-13-27-21-7-5-4-6-17(19)21/h4-9,12-14,27H,10-11H2,1-3H3,(H,28,32)(H,29,33,34). The second-order valence-corrected chi connectivity index (χ2v) is 8.73. The molecule has 0 spiro atoms. The molecule has 0 saturated heterocycles. The van der Waals surface area contributed by atoms with Crippen LogP contribution in [0.25, 0.3) is 33.0 Å². The number of carbonyl (C=O) groups is 3. The number of imide groups is 1. The molecule has 1 aliphatic heterocycles. The van der Waals surface area contributed by atoms with Crippen molar-refractivity contribution in [1.29, 1.82) is 0 Å². The molecule has 3 amide bonds. The number of amides is 3. The first-order chi connectivity index (χ1) is 16.3. The van der Waals surface area contributed by atoms with Crippen LogP contribution >= 0.6 is 0 Å². The average Bonchev–Trinajstić information content (AvgIpc) is 3.44. The Kier molecular flexibility index (Phi) is 5.30. The molecule has 8 heteroatoms. The van der Waals surface area contributed by atoms with E-state index in [1.54, 1.807) is 6.20 Å². The van der Waals surface area contributed by atoms with Crippen LogP contribution in [0.4, 0.5) is 5.69 Å². The van der Waals surface area contributed by atoms with Crippen molar-refractivity contribution in [3.63, 3.8) is 0 Å². The Morgan fingerprint density at radius 2 is 1.74 bits per heavy atom. The summed E-state index contributed by atoms with van der Waals surface area (Å²) < 4.78 is 2.06. The predicted octanol–water partition coefficient (Wildman–Crippen LogP) is 3.21. The zero-order valence-electron chi connectivity index (χ0n) is 19.2. The zero-order chi connectivity index (χ0) is 24.0. The third kappa shape index (κ3) is 3.68. The van der Waals surface area contributed by atoms with E-state index in [2.05, 4.69) is 25.1 Å². The minimum atomic E-state index is -0.414. The number of aromatic amines is 1. The van der Waals surface area contributed by atoms with Gasteiger partial charge in [0, 0.05) is 65.5 Å². The molecule has 172 valence electrons. The quantitative estimate of drug-likeness (QED) is 0.389. The molecule has 8 nitrogen and oxygen atoms in total. The maximum atomic E-state index is 13.1. The number of hydrogen-bond acceptors (Lipinski definition) is 4. The normalized spacial score (nSPS) is 14.0. The highest BCUT2D eigenvalue weighted by atomic mass is 16.2. The Morgan fingerprint density at radius 1 is 1.00 bits per heavy atom. The van der Waals surface area contributed by atoms with Crippen LogP contribution in [0.1, 0.15) is 18.1 Å². The van der Waals surface area contributed by atoms with Gasteiger partial charge in [-0.2, -0.15) is 0 Å². The van der Waals surface area contributed by atoms with E-state index in [1.807, 2.05) is 62.8 Å². The van der Waals surface area contributed by atoms with Gasteiger partial charge in [-0.05, 0) is 32.3 Å². The number of anilines is 1. The van der Waals surface area contributed by atoms with Crippen LogP contribution in [0.3, 0.4) is 0 Å². The molecule has 4 aromatic rings. The van der Waals surface area contributed by atoms with Gasteiger partial charge in [-0.3, -0.25) is 19.7 Å². The summed E-state index contributed by atoms with van der Waals surface area (Å²) in [7, 11) is 3.99. The van der Waals surface area contributed by atoms with E-state index in [9.17, 15) is 14.4 Å². The predicted molar refractivity (Wildman–Crippen MR) is 133 cm³/mol. The van der Waals surface area contributed by atoms with E-state index < -0.39 is 11.8 Å². The highest BCUT2D eigenvalue weighted by Crippen LogP contribution is 2.38. The van der Waals surface area contributed by atoms with E-state index in [0.29, 0.717) is 34.5 Å². The molecule has 3 heterocycles. The minimum Gasteiger partial charge on any atom is -0.361 e. The first-order valence-corrected chi connectivity index (χ1v) is 11.1. The molecular weight excluding hydrogens is 430 g/mol. The van der Waals surface area contributed by atoms with E-state index >= 15 is 0 Å². The summed E-state index contributed by atoms with van der Waals surface area (Å²) in [4.78, 5) is 42.9. The van der Waals surface area contributed by atoms with E-state index in [1.165, 1.54) is 6.92 Å². The van der Waals surface area contributed by atoms with Crippen molar-refractivity contribution < 1.29 is 14.4 Å². The molecule has 0 aliphatic carbocycles. The summed E-state index contributed by atoms with van der Waals surface area (Å²) in [6, 6.07) is 13.3. The van der Waals surface area contributed by atoms with Gasteiger partial charge in [-0.25, -0.2) is 0 Å². The maximum Gasteiger partial charge on any atom is 0.259 e. The van der Waals surface area contributed by atoms with Gasteiger partial charge in [0.05, 0.1) is 16.7 Å².